The molecule has 21 heavy (non-hydrogen) atoms. The summed E-state index contributed by atoms with van der Waals surface area (Å²) in [7, 11) is 3.58. The molecule has 2 N–H and O–H groups in total. The van der Waals surface area contributed by atoms with Crippen molar-refractivity contribution in [3.05, 3.63) is 35.9 Å². The van der Waals surface area contributed by atoms with Crippen LogP contribution in [-0.4, -0.2) is 31.5 Å². The SMILES string of the molecule is C=C[C@]12c3c(CNC)ccc(OC)c3O[C@H]1C[C@@H](O)C2C. The van der Waals surface area contributed by atoms with Gasteiger partial charge >= 0.3 is 0 Å². The van der Waals surface area contributed by atoms with Gasteiger partial charge in [0.2, 0.25) is 0 Å². The zero-order valence-corrected chi connectivity index (χ0v) is 12.8. The van der Waals surface area contributed by atoms with Crippen LogP contribution in [0, 0.1) is 5.92 Å². The van der Waals surface area contributed by atoms with E-state index in [1.165, 1.54) is 5.56 Å². The molecule has 4 atom stereocenters. The highest BCUT2D eigenvalue weighted by atomic mass is 16.5. The van der Waals surface area contributed by atoms with Gasteiger partial charge in [-0.1, -0.05) is 19.1 Å². The monoisotopic (exact) mass is 289 g/mol. The first-order valence-corrected chi connectivity index (χ1v) is 7.43. The first-order chi connectivity index (χ1) is 10.1. The molecule has 3 rings (SSSR count). The fraction of sp³-hybridized carbons (Fsp3) is 0.529. The Kier molecular flexibility index (Phi) is 3.46. The maximum absolute atomic E-state index is 10.3. The number of hydrogen-bond acceptors (Lipinski definition) is 4. The van der Waals surface area contributed by atoms with E-state index in [0.717, 1.165) is 23.6 Å². The number of fused-ring (bicyclic) bond motifs is 3. The largest absolute Gasteiger partial charge is 0.493 e. The third kappa shape index (κ3) is 1.75. The van der Waals surface area contributed by atoms with Gasteiger partial charge in [0.25, 0.3) is 0 Å². The summed E-state index contributed by atoms with van der Waals surface area (Å²) in [6.45, 7) is 6.89. The van der Waals surface area contributed by atoms with Gasteiger partial charge in [0.15, 0.2) is 11.5 Å². The zero-order chi connectivity index (χ0) is 15.2. The summed E-state index contributed by atoms with van der Waals surface area (Å²) in [6, 6.07) is 4.02. The molecule has 1 aliphatic heterocycles. The molecule has 0 aromatic heterocycles. The van der Waals surface area contributed by atoms with Gasteiger partial charge in [0.1, 0.15) is 6.10 Å². The maximum atomic E-state index is 10.3. The molecule has 1 saturated carbocycles. The van der Waals surface area contributed by atoms with E-state index < -0.39 is 0 Å². The number of hydrogen-bond donors (Lipinski definition) is 2. The standard InChI is InChI=1S/C17H23NO3/c1-5-17-10(2)12(19)8-14(17)21-16-13(20-4)7-6-11(9-18-3)15(16)17/h5-7,10,12,14,18-19H,1,8-9H2,2-4H3/t10?,12-,14+,17-/m1/s1. The summed E-state index contributed by atoms with van der Waals surface area (Å²) >= 11 is 0. The van der Waals surface area contributed by atoms with Gasteiger partial charge in [-0.25, -0.2) is 0 Å². The Bertz CT molecular complexity index is 571. The van der Waals surface area contributed by atoms with Gasteiger partial charge < -0.3 is 19.9 Å². The van der Waals surface area contributed by atoms with Crippen molar-refractivity contribution < 1.29 is 14.6 Å². The lowest BCUT2D eigenvalue weighted by Gasteiger charge is -2.31. The summed E-state index contributed by atoms with van der Waals surface area (Å²) in [5.41, 5.74) is 1.96. The van der Waals surface area contributed by atoms with Crippen molar-refractivity contribution in [2.75, 3.05) is 14.2 Å². The molecule has 1 unspecified atom stereocenters. The predicted octanol–water partition coefficient (Wildman–Crippen LogP) is 2.00. The van der Waals surface area contributed by atoms with Crippen LogP contribution in [0.25, 0.3) is 0 Å². The van der Waals surface area contributed by atoms with Crippen LogP contribution in [0.4, 0.5) is 0 Å². The van der Waals surface area contributed by atoms with Crippen LogP contribution in [0.1, 0.15) is 24.5 Å². The van der Waals surface area contributed by atoms with Crippen LogP contribution >= 0.6 is 0 Å². The zero-order valence-electron chi connectivity index (χ0n) is 12.8. The Balaban J connectivity index is 2.24. The molecular weight excluding hydrogens is 266 g/mol. The van der Waals surface area contributed by atoms with E-state index >= 15 is 0 Å². The van der Waals surface area contributed by atoms with Gasteiger partial charge in [-0.3, -0.25) is 0 Å². The lowest BCUT2D eigenvalue weighted by atomic mass is 9.70. The molecule has 1 aliphatic carbocycles. The van der Waals surface area contributed by atoms with Crippen molar-refractivity contribution in [2.45, 2.75) is 37.5 Å². The van der Waals surface area contributed by atoms with Gasteiger partial charge in [-0.15, -0.1) is 6.58 Å². The number of benzene rings is 1. The second-order valence-electron chi connectivity index (χ2n) is 6.00. The first-order valence-electron chi connectivity index (χ1n) is 7.43. The molecule has 1 aromatic rings. The minimum Gasteiger partial charge on any atom is -0.493 e. The maximum Gasteiger partial charge on any atom is 0.166 e. The van der Waals surface area contributed by atoms with Crippen LogP contribution in [0.15, 0.2) is 24.8 Å². The molecule has 1 aromatic carbocycles. The second kappa shape index (κ2) is 5.04. The molecule has 4 nitrogen and oxygen atoms in total. The summed E-state index contributed by atoms with van der Waals surface area (Å²) in [5.74, 6) is 1.64. The van der Waals surface area contributed by atoms with E-state index in [-0.39, 0.29) is 23.5 Å². The number of ether oxygens (including phenoxy) is 2. The number of aliphatic hydroxyl groups is 1. The highest BCUT2D eigenvalue weighted by Crippen LogP contribution is 2.58. The average molecular weight is 289 g/mol. The Hall–Kier alpha value is -1.52. The summed E-state index contributed by atoms with van der Waals surface area (Å²) in [6.07, 6.45) is 2.16. The third-order valence-electron chi connectivity index (χ3n) is 5.14. The molecule has 0 radical (unpaired) electrons. The first kappa shape index (κ1) is 14.4. The van der Waals surface area contributed by atoms with E-state index in [1.54, 1.807) is 7.11 Å². The smallest absolute Gasteiger partial charge is 0.166 e. The Morgan fingerprint density at radius 3 is 2.95 bits per heavy atom. The van der Waals surface area contributed by atoms with Crippen LogP contribution in [0.3, 0.4) is 0 Å². The fourth-order valence-corrected chi connectivity index (χ4v) is 4.02. The van der Waals surface area contributed by atoms with Gasteiger partial charge in [-0.2, -0.15) is 0 Å². The van der Waals surface area contributed by atoms with Crippen LogP contribution < -0.4 is 14.8 Å². The molecule has 2 aliphatic rings. The highest BCUT2D eigenvalue weighted by molar-refractivity contribution is 5.61. The number of methoxy groups -OCH3 is 1. The molecule has 1 fully saturated rings. The molecule has 0 bridgehead atoms. The van der Waals surface area contributed by atoms with Crippen molar-refractivity contribution in [3.63, 3.8) is 0 Å². The quantitative estimate of drug-likeness (QED) is 0.833. The van der Waals surface area contributed by atoms with E-state index in [4.69, 9.17) is 9.47 Å². The Morgan fingerprint density at radius 2 is 2.33 bits per heavy atom. The van der Waals surface area contributed by atoms with E-state index in [2.05, 4.69) is 24.9 Å². The molecule has 0 saturated heterocycles. The van der Waals surface area contributed by atoms with E-state index in [0.29, 0.717) is 6.42 Å². The van der Waals surface area contributed by atoms with Gasteiger partial charge in [0, 0.05) is 18.5 Å². The normalized spacial score (nSPS) is 33.2. The van der Waals surface area contributed by atoms with Crippen LogP contribution in [0.2, 0.25) is 0 Å². The fourth-order valence-electron chi connectivity index (χ4n) is 4.02. The number of nitrogens with one attached hydrogen (secondary N) is 1. The Morgan fingerprint density at radius 1 is 1.57 bits per heavy atom. The van der Waals surface area contributed by atoms with Crippen molar-refractivity contribution in [2.24, 2.45) is 5.92 Å². The minimum absolute atomic E-state index is 0.0677. The van der Waals surface area contributed by atoms with Gasteiger partial charge in [0.05, 0.1) is 18.6 Å². The summed E-state index contributed by atoms with van der Waals surface area (Å²) < 4.78 is 11.7. The second-order valence-corrected chi connectivity index (χ2v) is 6.00. The Labute approximate surface area is 125 Å². The number of aliphatic hydroxyl groups excluding tert-OH is 1. The molecule has 114 valence electrons. The van der Waals surface area contributed by atoms with E-state index in [9.17, 15) is 5.11 Å². The molecule has 1 heterocycles. The minimum atomic E-state index is -0.366. The third-order valence-corrected chi connectivity index (χ3v) is 5.14. The summed E-state index contributed by atoms with van der Waals surface area (Å²) in [5, 5.41) is 13.5. The average Bonchev–Trinajstić information content (AvgIpc) is 2.93. The molecule has 0 amide bonds. The molecule has 4 heteroatoms. The van der Waals surface area contributed by atoms with Crippen molar-refractivity contribution in [3.8, 4) is 11.5 Å². The highest BCUT2D eigenvalue weighted by Gasteiger charge is 2.59. The van der Waals surface area contributed by atoms with Crippen LogP contribution in [0.5, 0.6) is 11.5 Å². The molecule has 0 spiro atoms. The topological polar surface area (TPSA) is 50.7 Å². The molecular formula is C17H23NO3. The van der Waals surface area contributed by atoms with Crippen molar-refractivity contribution in [1.29, 1.82) is 0 Å². The van der Waals surface area contributed by atoms with Gasteiger partial charge in [-0.05, 0) is 24.6 Å². The van der Waals surface area contributed by atoms with Crippen molar-refractivity contribution in [1.82, 2.24) is 5.32 Å². The lowest BCUT2D eigenvalue weighted by molar-refractivity contribution is 0.124. The number of rotatable bonds is 4. The summed E-state index contributed by atoms with van der Waals surface area (Å²) in [4.78, 5) is 0. The van der Waals surface area contributed by atoms with Crippen molar-refractivity contribution >= 4 is 0 Å². The van der Waals surface area contributed by atoms with Crippen LogP contribution in [-0.2, 0) is 12.0 Å². The van der Waals surface area contributed by atoms with E-state index in [1.807, 2.05) is 19.2 Å². The lowest BCUT2D eigenvalue weighted by Crippen LogP contribution is -2.37. The predicted molar refractivity (Wildman–Crippen MR) is 81.8 cm³/mol.